The zero-order valence-corrected chi connectivity index (χ0v) is 17.0. The van der Waals surface area contributed by atoms with Crippen LogP contribution in [-0.2, 0) is 12.8 Å². The molecule has 0 radical (unpaired) electrons. The first kappa shape index (κ1) is 20.0. The maximum atomic E-state index is 13.9. The molecule has 0 aliphatic carbocycles. The van der Waals surface area contributed by atoms with Crippen molar-refractivity contribution in [1.82, 2.24) is 14.5 Å². The van der Waals surface area contributed by atoms with Crippen molar-refractivity contribution in [2.24, 2.45) is 0 Å². The number of anilines is 2. The molecule has 4 rings (SSSR count). The zero-order valence-electron chi connectivity index (χ0n) is 17.0. The Morgan fingerprint density at radius 2 is 1.93 bits per heavy atom. The van der Waals surface area contributed by atoms with Crippen LogP contribution in [-0.4, -0.2) is 21.6 Å². The normalized spacial score (nSPS) is 15.2. The van der Waals surface area contributed by atoms with Gasteiger partial charge in [0.2, 0.25) is 11.8 Å². The van der Waals surface area contributed by atoms with Crippen LogP contribution in [0.5, 0.6) is 5.88 Å². The number of rotatable bonds is 5. The summed E-state index contributed by atoms with van der Waals surface area (Å²) in [7, 11) is 1.54. The van der Waals surface area contributed by atoms with Crippen LogP contribution in [0.15, 0.2) is 35.1 Å². The maximum Gasteiger partial charge on any atom is 0.277 e. The fourth-order valence-electron chi connectivity index (χ4n) is 4.05. The Kier molecular flexibility index (Phi) is 5.24. The number of hydrogen-bond acceptors (Lipinski definition) is 5. The average molecular weight is 412 g/mol. The Labute approximate surface area is 172 Å². The van der Waals surface area contributed by atoms with Crippen LogP contribution in [0.1, 0.15) is 41.9 Å². The molecule has 3 aromatic rings. The van der Waals surface area contributed by atoms with Gasteiger partial charge in [-0.05, 0) is 49.9 Å². The standard InChI is InChI=1S/C22H22F2N4O2/c1-4-16-19-7-6-18(13-9-14(23)11-15(24)10-13)28(19)22(27-21(16)29)26-17-5-8-20(30-3)25-12(17)2/h5,8-11,18H,4,6-7H2,1-3H3,(H,26,27,29). The summed E-state index contributed by atoms with van der Waals surface area (Å²) in [5.74, 6) is -0.460. The van der Waals surface area contributed by atoms with Crippen molar-refractivity contribution in [3.05, 3.63) is 74.8 Å². The van der Waals surface area contributed by atoms with Crippen LogP contribution in [0.4, 0.5) is 20.4 Å². The average Bonchev–Trinajstić information content (AvgIpc) is 3.14. The summed E-state index contributed by atoms with van der Waals surface area (Å²) in [6.45, 7) is 3.72. The third kappa shape index (κ3) is 3.53. The number of fused-ring (bicyclic) bond motifs is 1. The van der Waals surface area contributed by atoms with E-state index in [4.69, 9.17) is 4.74 Å². The fraction of sp³-hybridized carbons (Fsp3) is 0.318. The summed E-state index contributed by atoms with van der Waals surface area (Å²) in [6, 6.07) is 6.68. The molecule has 0 saturated carbocycles. The molecule has 1 N–H and O–H groups in total. The van der Waals surface area contributed by atoms with E-state index >= 15 is 0 Å². The van der Waals surface area contributed by atoms with Crippen LogP contribution < -0.4 is 15.6 Å². The van der Waals surface area contributed by atoms with Gasteiger partial charge in [0.05, 0.1) is 24.5 Å². The molecule has 2 aromatic heterocycles. The maximum absolute atomic E-state index is 13.9. The summed E-state index contributed by atoms with van der Waals surface area (Å²) >= 11 is 0. The highest BCUT2D eigenvalue weighted by Crippen LogP contribution is 2.36. The van der Waals surface area contributed by atoms with Gasteiger partial charge in [-0.2, -0.15) is 4.98 Å². The number of aryl methyl sites for hydroxylation is 1. The molecule has 3 heterocycles. The molecule has 0 spiro atoms. The van der Waals surface area contributed by atoms with Gasteiger partial charge in [-0.3, -0.25) is 4.79 Å². The number of hydrogen-bond donors (Lipinski definition) is 1. The molecule has 0 bridgehead atoms. The van der Waals surface area contributed by atoms with Crippen molar-refractivity contribution in [1.29, 1.82) is 0 Å². The Bertz CT molecular complexity index is 1160. The van der Waals surface area contributed by atoms with Crippen molar-refractivity contribution in [3.8, 4) is 5.88 Å². The van der Waals surface area contributed by atoms with Crippen LogP contribution in [0.25, 0.3) is 0 Å². The number of halogens is 2. The summed E-state index contributed by atoms with van der Waals surface area (Å²) < 4.78 is 34.8. The number of methoxy groups -OCH3 is 1. The second kappa shape index (κ2) is 7.85. The minimum Gasteiger partial charge on any atom is -0.481 e. The molecule has 0 amide bonds. The Balaban J connectivity index is 1.85. The highest BCUT2D eigenvalue weighted by Gasteiger charge is 2.30. The predicted octanol–water partition coefficient (Wildman–Crippen LogP) is 4.08. The van der Waals surface area contributed by atoms with E-state index in [2.05, 4.69) is 15.3 Å². The topological polar surface area (TPSA) is 69.0 Å². The first-order chi connectivity index (χ1) is 14.4. The van der Waals surface area contributed by atoms with Crippen molar-refractivity contribution in [2.75, 3.05) is 12.4 Å². The third-order valence-corrected chi connectivity index (χ3v) is 5.44. The van der Waals surface area contributed by atoms with Crippen molar-refractivity contribution >= 4 is 11.6 Å². The lowest BCUT2D eigenvalue weighted by molar-refractivity contribution is 0.397. The van der Waals surface area contributed by atoms with Crippen LogP contribution in [0, 0.1) is 18.6 Å². The van der Waals surface area contributed by atoms with E-state index in [1.807, 2.05) is 18.4 Å². The molecule has 1 aliphatic rings. The van der Waals surface area contributed by atoms with Crippen LogP contribution in [0.2, 0.25) is 0 Å². The Morgan fingerprint density at radius 1 is 1.20 bits per heavy atom. The van der Waals surface area contributed by atoms with Gasteiger partial charge >= 0.3 is 0 Å². The summed E-state index contributed by atoms with van der Waals surface area (Å²) in [6.07, 6.45) is 1.78. The lowest BCUT2D eigenvalue weighted by Gasteiger charge is -2.22. The first-order valence-corrected chi connectivity index (χ1v) is 9.80. The highest BCUT2D eigenvalue weighted by atomic mass is 19.1. The van der Waals surface area contributed by atoms with Gasteiger partial charge in [0.1, 0.15) is 11.6 Å². The quantitative estimate of drug-likeness (QED) is 0.684. The van der Waals surface area contributed by atoms with Crippen molar-refractivity contribution in [2.45, 2.75) is 39.2 Å². The molecule has 8 heteroatoms. The summed E-state index contributed by atoms with van der Waals surface area (Å²) in [5.41, 5.74) is 3.02. The van der Waals surface area contributed by atoms with E-state index in [1.54, 1.807) is 12.1 Å². The third-order valence-electron chi connectivity index (χ3n) is 5.44. The van der Waals surface area contributed by atoms with E-state index in [1.165, 1.54) is 19.2 Å². The number of pyridine rings is 1. The lowest BCUT2D eigenvalue weighted by Crippen LogP contribution is -2.24. The zero-order chi connectivity index (χ0) is 21.4. The molecular weight excluding hydrogens is 390 g/mol. The number of nitrogens with zero attached hydrogens (tertiary/aromatic N) is 3. The first-order valence-electron chi connectivity index (χ1n) is 9.80. The number of aromatic nitrogens is 3. The molecule has 1 aliphatic heterocycles. The molecule has 0 fully saturated rings. The van der Waals surface area contributed by atoms with Gasteiger partial charge < -0.3 is 14.6 Å². The monoisotopic (exact) mass is 412 g/mol. The van der Waals surface area contributed by atoms with Crippen molar-refractivity contribution in [3.63, 3.8) is 0 Å². The predicted molar refractivity (Wildman–Crippen MR) is 110 cm³/mol. The second-order valence-electron chi connectivity index (χ2n) is 7.26. The van der Waals surface area contributed by atoms with Gasteiger partial charge in [0, 0.05) is 23.4 Å². The molecule has 0 saturated heterocycles. The van der Waals surface area contributed by atoms with Gasteiger partial charge in [0.15, 0.2) is 0 Å². The minimum atomic E-state index is -0.632. The smallest absolute Gasteiger partial charge is 0.277 e. The van der Waals surface area contributed by atoms with E-state index in [0.717, 1.165) is 11.8 Å². The van der Waals surface area contributed by atoms with Gasteiger partial charge in [-0.25, -0.2) is 13.8 Å². The molecule has 6 nitrogen and oxygen atoms in total. The summed E-state index contributed by atoms with van der Waals surface area (Å²) in [4.78, 5) is 21.2. The van der Waals surface area contributed by atoms with Crippen molar-refractivity contribution < 1.29 is 13.5 Å². The SMILES string of the molecule is CCc1c2n(c(Nc3ccc(OC)nc3C)nc1=O)C(c1cc(F)cc(F)c1)CC2. The molecular formula is C22H22F2N4O2. The molecule has 1 unspecified atom stereocenters. The Morgan fingerprint density at radius 3 is 2.57 bits per heavy atom. The molecule has 156 valence electrons. The molecule has 1 atom stereocenters. The summed E-state index contributed by atoms with van der Waals surface area (Å²) in [5, 5.41) is 3.19. The fourth-order valence-corrected chi connectivity index (χ4v) is 4.05. The number of nitrogens with one attached hydrogen (secondary N) is 1. The molecule has 30 heavy (non-hydrogen) atoms. The van der Waals surface area contributed by atoms with Crippen LogP contribution >= 0.6 is 0 Å². The van der Waals surface area contributed by atoms with E-state index < -0.39 is 11.6 Å². The highest BCUT2D eigenvalue weighted by molar-refractivity contribution is 5.58. The van der Waals surface area contributed by atoms with Gasteiger partial charge in [0.25, 0.3) is 5.56 Å². The number of benzene rings is 1. The largest absolute Gasteiger partial charge is 0.481 e. The van der Waals surface area contributed by atoms with E-state index in [-0.39, 0.29) is 11.6 Å². The van der Waals surface area contributed by atoms with Gasteiger partial charge in [-0.1, -0.05) is 6.92 Å². The lowest BCUT2D eigenvalue weighted by atomic mass is 10.0. The van der Waals surface area contributed by atoms with Gasteiger partial charge in [-0.15, -0.1) is 0 Å². The van der Waals surface area contributed by atoms with E-state index in [9.17, 15) is 13.6 Å². The van der Waals surface area contributed by atoms with Crippen LogP contribution in [0.3, 0.4) is 0 Å². The Hall–Kier alpha value is -3.29. The minimum absolute atomic E-state index is 0.295. The number of ether oxygens (including phenoxy) is 1. The molecule has 1 aromatic carbocycles. The van der Waals surface area contributed by atoms with E-state index in [0.29, 0.717) is 53.6 Å². The second-order valence-corrected chi connectivity index (χ2v) is 7.26.